The average molecular weight is 289 g/mol. The van der Waals surface area contributed by atoms with Gasteiger partial charge in [0.2, 0.25) is 6.08 Å². The summed E-state index contributed by atoms with van der Waals surface area (Å²) in [5.74, 6) is 0.512. The number of ether oxygens (including phenoxy) is 1. The molecule has 2 aliphatic carbocycles. The summed E-state index contributed by atoms with van der Waals surface area (Å²) in [6, 6.07) is 4.98. The lowest BCUT2D eigenvalue weighted by molar-refractivity contribution is 0.175. The SMILES string of the molecule is O=C=NC1(c2ccc(OCC3CCC3)c(F)c2)CCCC1. The molecule has 2 aliphatic rings. The molecule has 1 aromatic carbocycles. The van der Waals surface area contributed by atoms with Crippen LogP contribution in [0.5, 0.6) is 5.75 Å². The Labute approximate surface area is 124 Å². The Balaban J connectivity index is 1.77. The lowest BCUT2D eigenvalue weighted by Gasteiger charge is -2.26. The van der Waals surface area contributed by atoms with E-state index in [9.17, 15) is 9.18 Å². The standard InChI is InChI=1S/C17H20FNO2/c18-15-10-14(17(19-12-20)8-1-2-9-17)6-7-16(15)21-11-13-4-3-5-13/h6-7,10,13H,1-5,8-9,11H2. The Hall–Kier alpha value is -1.67. The van der Waals surface area contributed by atoms with Crippen LogP contribution in [0.15, 0.2) is 23.2 Å². The van der Waals surface area contributed by atoms with E-state index in [0.29, 0.717) is 18.3 Å². The first kappa shape index (κ1) is 14.3. The van der Waals surface area contributed by atoms with E-state index in [1.807, 2.05) is 6.07 Å². The minimum Gasteiger partial charge on any atom is -0.490 e. The third-order valence-electron chi connectivity index (χ3n) is 4.86. The zero-order valence-corrected chi connectivity index (χ0v) is 12.1. The molecular weight excluding hydrogens is 269 g/mol. The van der Waals surface area contributed by atoms with Gasteiger partial charge in [-0.15, -0.1) is 0 Å². The number of hydrogen-bond acceptors (Lipinski definition) is 3. The van der Waals surface area contributed by atoms with Crippen LogP contribution in [0.25, 0.3) is 0 Å². The van der Waals surface area contributed by atoms with Crippen molar-refractivity contribution in [2.75, 3.05) is 6.61 Å². The summed E-state index contributed by atoms with van der Waals surface area (Å²) < 4.78 is 19.8. The summed E-state index contributed by atoms with van der Waals surface area (Å²) in [6.45, 7) is 0.591. The zero-order valence-electron chi connectivity index (χ0n) is 12.1. The molecule has 2 saturated carbocycles. The monoisotopic (exact) mass is 289 g/mol. The highest BCUT2D eigenvalue weighted by atomic mass is 19.1. The summed E-state index contributed by atoms with van der Waals surface area (Å²) in [4.78, 5) is 14.7. The van der Waals surface area contributed by atoms with Crippen LogP contribution in [-0.2, 0) is 10.3 Å². The van der Waals surface area contributed by atoms with Gasteiger partial charge in [0.05, 0.1) is 12.1 Å². The molecule has 0 amide bonds. The van der Waals surface area contributed by atoms with Crippen molar-refractivity contribution in [1.29, 1.82) is 0 Å². The molecule has 3 rings (SSSR count). The number of rotatable bonds is 5. The first-order valence-corrected chi connectivity index (χ1v) is 7.75. The first-order valence-electron chi connectivity index (χ1n) is 7.75. The number of carbonyl (C=O) groups excluding carboxylic acids is 1. The van der Waals surface area contributed by atoms with Crippen molar-refractivity contribution in [1.82, 2.24) is 0 Å². The van der Waals surface area contributed by atoms with Gasteiger partial charge in [-0.25, -0.2) is 9.18 Å². The van der Waals surface area contributed by atoms with E-state index in [1.54, 1.807) is 12.1 Å². The van der Waals surface area contributed by atoms with Crippen LogP contribution in [0.2, 0.25) is 0 Å². The van der Waals surface area contributed by atoms with Crippen LogP contribution >= 0.6 is 0 Å². The zero-order chi connectivity index (χ0) is 14.7. The van der Waals surface area contributed by atoms with Gasteiger partial charge in [0.25, 0.3) is 0 Å². The van der Waals surface area contributed by atoms with Gasteiger partial charge in [0.15, 0.2) is 11.6 Å². The van der Waals surface area contributed by atoms with Crippen molar-refractivity contribution < 1.29 is 13.9 Å². The highest BCUT2D eigenvalue weighted by Gasteiger charge is 2.36. The quantitative estimate of drug-likeness (QED) is 0.604. The van der Waals surface area contributed by atoms with Crippen molar-refractivity contribution in [2.24, 2.45) is 10.9 Å². The van der Waals surface area contributed by atoms with Gasteiger partial charge in [0, 0.05) is 0 Å². The van der Waals surface area contributed by atoms with E-state index in [4.69, 9.17) is 4.74 Å². The number of aliphatic imine (C=N–C) groups is 1. The fraction of sp³-hybridized carbons (Fsp3) is 0.588. The van der Waals surface area contributed by atoms with Gasteiger partial charge in [-0.1, -0.05) is 25.3 Å². The molecular formula is C17H20FNO2. The van der Waals surface area contributed by atoms with Gasteiger partial charge in [-0.2, -0.15) is 4.99 Å². The predicted octanol–water partition coefficient (Wildman–Crippen LogP) is 4.11. The van der Waals surface area contributed by atoms with E-state index in [-0.39, 0.29) is 5.82 Å². The third kappa shape index (κ3) is 2.86. The Morgan fingerprint density at radius 3 is 2.62 bits per heavy atom. The van der Waals surface area contributed by atoms with Crippen LogP contribution < -0.4 is 4.74 Å². The highest BCUT2D eigenvalue weighted by molar-refractivity contribution is 5.40. The number of nitrogens with zero attached hydrogens (tertiary/aromatic N) is 1. The predicted molar refractivity (Wildman–Crippen MR) is 77.5 cm³/mol. The van der Waals surface area contributed by atoms with Crippen molar-refractivity contribution in [3.05, 3.63) is 29.6 Å². The van der Waals surface area contributed by atoms with Crippen molar-refractivity contribution >= 4 is 6.08 Å². The Morgan fingerprint density at radius 1 is 1.29 bits per heavy atom. The van der Waals surface area contributed by atoms with Gasteiger partial charge >= 0.3 is 0 Å². The number of hydrogen-bond donors (Lipinski definition) is 0. The van der Waals surface area contributed by atoms with Gasteiger partial charge in [0.1, 0.15) is 0 Å². The highest BCUT2D eigenvalue weighted by Crippen LogP contribution is 2.43. The molecule has 0 N–H and O–H groups in total. The molecule has 0 unspecified atom stereocenters. The molecule has 0 atom stereocenters. The Bertz CT molecular complexity index is 556. The second-order valence-corrected chi connectivity index (χ2v) is 6.19. The fourth-order valence-corrected chi connectivity index (χ4v) is 3.29. The summed E-state index contributed by atoms with van der Waals surface area (Å²) in [6.07, 6.45) is 8.84. The van der Waals surface area contributed by atoms with E-state index >= 15 is 0 Å². The molecule has 0 spiro atoms. The topological polar surface area (TPSA) is 38.7 Å². The van der Waals surface area contributed by atoms with E-state index in [2.05, 4.69) is 4.99 Å². The van der Waals surface area contributed by atoms with E-state index in [1.165, 1.54) is 25.3 Å². The van der Waals surface area contributed by atoms with E-state index in [0.717, 1.165) is 31.2 Å². The van der Waals surface area contributed by atoms with Crippen molar-refractivity contribution in [2.45, 2.75) is 50.5 Å². The molecule has 4 heteroatoms. The molecule has 0 bridgehead atoms. The molecule has 112 valence electrons. The lowest BCUT2D eigenvalue weighted by Crippen LogP contribution is -2.21. The number of halogens is 1. The summed E-state index contributed by atoms with van der Waals surface area (Å²) in [5, 5.41) is 0. The van der Waals surface area contributed by atoms with Crippen LogP contribution in [0.1, 0.15) is 50.5 Å². The van der Waals surface area contributed by atoms with Crippen LogP contribution in [0.4, 0.5) is 4.39 Å². The maximum atomic E-state index is 14.2. The molecule has 0 aromatic heterocycles. The summed E-state index contributed by atoms with van der Waals surface area (Å²) in [7, 11) is 0. The van der Waals surface area contributed by atoms with Crippen LogP contribution in [-0.4, -0.2) is 12.7 Å². The molecule has 0 radical (unpaired) electrons. The van der Waals surface area contributed by atoms with Crippen LogP contribution in [0.3, 0.4) is 0 Å². The number of benzene rings is 1. The minimum absolute atomic E-state index is 0.300. The smallest absolute Gasteiger partial charge is 0.235 e. The largest absolute Gasteiger partial charge is 0.490 e. The first-order chi connectivity index (χ1) is 10.2. The Morgan fingerprint density at radius 2 is 2.05 bits per heavy atom. The Kier molecular flexibility index (Phi) is 4.07. The van der Waals surface area contributed by atoms with Gasteiger partial charge in [-0.3, -0.25) is 0 Å². The van der Waals surface area contributed by atoms with Gasteiger partial charge < -0.3 is 4.74 Å². The maximum absolute atomic E-state index is 14.2. The molecule has 0 saturated heterocycles. The van der Waals surface area contributed by atoms with Crippen LogP contribution in [0, 0.1) is 11.7 Å². The normalized spacial score (nSPS) is 20.6. The molecule has 2 fully saturated rings. The van der Waals surface area contributed by atoms with Crippen molar-refractivity contribution in [3.8, 4) is 5.75 Å². The fourth-order valence-electron chi connectivity index (χ4n) is 3.29. The minimum atomic E-state index is -0.574. The second kappa shape index (κ2) is 5.98. The molecule has 21 heavy (non-hydrogen) atoms. The average Bonchev–Trinajstić information content (AvgIpc) is 2.89. The third-order valence-corrected chi connectivity index (χ3v) is 4.86. The summed E-state index contributed by atoms with van der Waals surface area (Å²) >= 11 is 0. The molecule has 0 aliphatic heterocycles. The molecule has 0 heterocycles. The lowest BCUT2D eigenvalue weighted by atomic mass is 9.86. The van der Waals surface area contributed by atoms with E-state index < -0.39 is 5.54 Å². The van der Waals surface area contributed by atoms with Crippen molar-refractivity contribution in [3.63, 3.8) is 0 Å². The maximum Gasteiger partial charge on any atom is 0.235 e. The van der Waals surface area contributed by atoms with Gasteiger partial charge in [-0.05, 0) is 49.3 Å². The number of isocyanates is 1. The second-order valence-electron chi connectivity index (χ2n) is 6.19. The summed E-state index contributed by atoms with van der Waals surface area (Å²) in [5.41, 5.74) is 0.187. The molecule has 3 nitrogen and oxygen atoms in total. The molecule has 1 aromatic rings.